The van der Waals surface area contributed by atoms with Crippen molar-refractivity contribution in [2.75, 3.05) is 0 Å². The number of hydrogen-bond donors (Lipinski definition) is 0. The number of benzene rings is 1. The monoisotopic (exact) mass is 370 g/mol. The van der Waals surface area contributed by atoms with Gasteiger partial charge in [-0.1, -0.05) is 18.5 Å². The Hall–Kier alpha value is -1.59. The molecule has 26 heavy (non-hydrogen) atoms. The van der Waals surface area contributed by atoms with Gasteiger partial charge in [-0.05, 0) is 49.3 Å². The largest absolute Gasteiger partial charge is 0.459 e. The van der Waals surface area contributed by atoms with Crippen LogP contribution >= 0.6 is 11.6 Å². The van der Waals surface area contributed by atoms with Crippen LogP contribution in [0.15, 0.2) is 18.2 Å². The van der Waals surface area contributed by atoms with Gasteiger partial charge in [-0.15, -0.1) is 0 Å². The molecule has 134 valence electrons. The lowest BCUT2D eigenvalue weighted by Crippen LogP contribution is -2.53. The van der Waals surface area contributed by atoms with E-state index in [0.29, 0.717) is 16.9 Å². The minimum absolute atomic E-state index is 0.0310. The van der Waals surface area contributed by atoms with Gasteiger partial charge < -0.3 is 14.0 Å². The summed E-state index contributed by atoms with van der Waals surface area (Å²) in [5.41, 5.74) is 1.21. The second-order valence-corrected chi connectivity index (χ2v) is 9.31. The van der Waals surface area contributed by atoms with Gasteiger partial charge in [0.2, 0.25) is 0 Å². The SMILES string of the molecule is C[C@H]1C[C@H]2CC[C@H]3OC(=O)[C@H]4[C@@H]5n6c(nc7ccc(Cl)cc76)CC51O[C@]234. The summed E-state index contributed by atoms with van der Waals surface area (Å²) in [5, 5.41) is 0.694. The van der Waals surface area contributed by atoms with Crippen molar-refractivity contribution >= 4 is 28.6 Å². The Labute approximate surface area is 155 Å². The number of hydrogen-bond acceptors (Lipinski definition) is 4. The molecule has 7 atom stereocenters. The molecule has 7 rings (SSSR count). The maximum absolute atomic E-state index is 13.0. The normalized spacial score (nSPS) is 47.2. The van der Waals surface area contributed by atoms with Crippen molar-refractivity contribution in [2.24, 2.45) is 17.8 Å². The summed E-state index contributed by atoms with van der Waals surface area (Å²) in [6.45, 7) is 2.29. The lowest BCUT2D eigenvalue weighted by molar-refractivity contribution is -0.206. The summed E-state index contributed by atoms with van der Waals surface area (Å²) in [6.07, 6.45) is 3.86. The predicted octanol–water partition coefficient (Wildman–Crippen LogP) is 3.29. The van der Waals surface area contributed by atoms with E-state index >= 15 is 0 Å². The predicted molar refractivity (Wildman–Crippen MR) is 93.9 cm³/mol. The van der Waals surface area contributed by atoms with Crippen molar-refractivity contribution in [1.82, 2.24) is 9.55 Å². The zero-order chi connectivity index (χ0) is 17.4. The molecule has 1 aromatic carbocycles. The maximum Gasteiger partial charge on any atom is 0.314 e. The molecule has 2 spiro atoms. The molecule has 1 aliphatic carbocycles. The fourth-order valence-electron chi connectivity index (χ4n) is 7.13. The topological polar surface area (TPSA) is 53.4 Å². The molecule has 0 radical (unpaired) electrons. The summed E-state index contributed by atoms with van der Waals surface area (Å²) in [4.78, 5) is 17.9. The smallest absolute Gasteiger partial charge is 0.314 e. The molecular weight excluding hydrogens is 352 g/mol. The van der Waals surface area contributed by atoms with E-state index in [2.05, 4.69) is 11.5 Å². The van der Waals surface area contributed by atoms with Crippen LogP contribution in [0.25, 0.3) is 11.0 Å². The number of imidazole rings is 1. The van der Waals surface area contributed by atoms with Gasteiger partial charge >= 0.3 is 5.97 Å². The quantitative estimate of drug-likeness (QED) is 0.668. The minimum atomic E-state index is -0.416. The van der Waals surface area contributed by atoms with E-state index in [9.17, 15) is 4.79 Å². The fourth-order valence-corrected chi connectivity index (χ4v) is 7.30. The highest BCUT2D eigenvalue weighted by Crippen LogP contribution is 2.71. The van der Waals surface area contributed by atoms with Gasteiger partial charge in [-0.3, -0.25) is 4.79 Å². The van der Waals surface area contributed by atoms with Crippen molar-refractivity contribution in [1.29, 1.82) is 0 Å². The van der Waals surface area contributed by atoms with Gasteiger partial charge in [0.15, 0.2) is 0 Å². The molecule has 2 bridgehead atoms. The first-order valence-corrected chi connectivity index (χ1v) is 9.99. The highest BCUT2D eigenvalue weighted by atomic mass is 35.5. The number of fused-ring (bicyclic) bond motifs is 5. The summed E-state index contributed by atoms with van der Waals surface area (Å²) >= 11 is 6.29. The molecule has 2 aromatic rings. The van der Waals surface area contributed by atoms with Crippen molar-refractivity contribution in [3.05, 3.63) is 29.0 Å². The standard InChI is InChI=1S/C20H19ClN2O3/c1-9-6-10-2-5-14-20(10)16(18(24)25-14)17-19(9,26-20)8-15-22-12-4-3-11(21)7-13(12)23(15)17/h3-4,7,9-10,14,16-17H,2,5-6,8H2,1H3/t9-,10+,14+,16+,17-,19?,20+/m0/s1. The van der Waals surface area contributed by atoms with Gasteiger partial charge in [0, 0.05) is 11.4 Å². The number of aromatic nitrogens is 2. The Kier molecular flexibility index (Phi) is 2.29. The van der Waals surface area contributed by atoms with Crippen molar-refractivity contribution < 1.29 is 14.3 Å². The first-order chi connectivity index (χ1) is 12.5. The molecular formula is C20H19ClN2O3. The molecule has 4 fully saturated rings. The number of carbonyl (C=O) groups excluding carboxylic acids is 1. The number of rotatable bonds is 0. The van der Waals surface area contributed by atoms with E-state index in [1.165, 1.54) is 0 Å². The van der Waals surface area contributed by atoms with E-state index in [-0.39, 0.29) is 29.6 Å². The average molecular weight is 371 g/mol. The molecule has 1 saturated carbocycles. The second-order valence-electron chi connectivity index (χ2n) is 8.88. The minimum Gasteiger partial charge on any atom is -0.459 e. The van der Waals surface area contributed by atoms with Crippen LogP contribution in [0.2, 0.25) is 5.02 Å². The average Bonchev–Trinajstić information content (AvgIpc) is 3.30. The Balaban J connectivity index is 1.54. The van der Waals surface area contributed by atoms with Gasteiger partial charge in [-0.25, -0.2) is 4.98 Å². The molecule has 6 heteroatoms. The van der Waals surface area contributed by atoms with Crippen LogP contribution in [-0.2, 0) is 20.7 Å². The molecule has 5 heterocycles. The van der Waals surface area contributed by atoms with Gasteiger partial charge in [0.1, 0.15) is 29.0 Å². The van der Waals surface area contributed by atoms with Crippen molar-refractivity contribution in [3.8, 4) is 0 Å². The molecule has 5 nitrogen and oxygen atoms in total. The zero-order valence-electron chi connectivity index (χ0n) is 14.4. The molecule has 0 amide bonds. The molecule has 1 aromatic heterocycles. The van der Waals surface area contributed by atoms with Crippen molar-refractivity contribution in [3.63, 3.8) is 0 Å². The lowest BCUT2D eigenvalue weighted by atomic mass is 9.76. The van der Waals surface area contributed by atoms with Crippen LogP contribution < -0.4 is 0 Å². The molecule has 3 saturated heterocycles. The van der Waals surface area contributed by atoms with Gasteiger partial charge in [0.05, 0.1) is 17.1 Å². The summed E-state index contributed by atoms with van der Waals surface area (Å²) in [7, 11) is 0. The molecule has 4 aliphatic heterocycles. The maximum atomic E-state index is 13.0. The highest BCUT2D eigenvalue weighted by molar-refractivity contribution is 6.31. The van der Waals surface area contributed by atoms with Crippen LogP contribution in [0.1, 0.15) is 38.1 Å². The van der Waals surface area contributed by atoms with Crippen LogP contribution in [0.3, 0.4) is 0 Å². The number of ether oxygens (including phenoxy) is 2. The zero-order valence-corrected chi connectivity index (χ0v) is 15.2. The van der Waals surface area contributed by atoms with Crippen LogP contribution in [0, 0.1) is 17.8 Å². The van der Waals surface area contributed by atoms with Crippen LogP contribution in [-0.4, -0.2) is 32.8 Å². The van der Waals surface area contributed by atoms with E-state index in [4.69, 9.17) is 26.1 Å². The first kappa shape index (κ1) is 14.5. The lowest BCUT2D eigenvalue weighted by Gasteiger charge is -2.45. The Morgan fingerprint density at radius 1 is 1.35 bits per heavy atom. The summed E-state index contributed by atoms with van der Waals surface area (Å²) in [6, 6.07) is 5.78. The summed E-state index contributed by atoms with van der Waals surface area (Å²) in [5.74, 6) is 1.55. The highest BCUT2D eigenvalue weighted by Gasteiger charge is 2.81. The Bertz CT molecular complexity index is 1020. The van der Waals surface area contributed by atoms with Crippen molar-refractivity contribution in [2.45, 2.75) is 56.0 Å². The molecule has 1 unspecified atom stereocenters. The van der Waals surface area contributed by atoms with E-state index in [1.807, 2.05) is 18.2 Å². The number of nitrogens with zero attached hydrogens (tertiary/aromatic N) is 2. The third kappa shape index (κ3) is 1.28. The van der Waals surface area contributed by atoms with Gasteiger partial charge in [0.25, 0.3) is 0 Å². The number of esters is 1. The van der Waals surface area contributed by atoms with Crippen LogP contribution in [0.4, 0.5) is 0 Å². The van der Waals surface area contributed by atoms with Crippen LogP contribution in [0.5, 0.6) is 0 Å². The Morgan fingerprint density at radius 2 is 2.23 bits per heavy atom. The first-order valence-electron chi connectivity index (χ1n) is 9.61. The van der Waals surface area contributed by atoms with E-state index < -0.39 is 5.60 Å². The second kappa shape index (κ2) is 4.12. The Morgan fingerprint density at radius 3 is 3.12 bits per heavy atom. The third-order valence-corrected chi connectivity index (χ3v) is 8.24. The van der Waals surface area contributed by atoms with E-state index in [1.54, 1.807) is 0 Å². The molecule has 5 aliphatic rings. The third-order valence-electron chi connectivity index (χ3n) is 8.01. The fraction of sp³-hybridized carbons (Fsp3) is 0.600. The summed E-state index contributed by atoms with van der Waals surface area (Å²) < 4.78 is 15.1. The number of halogens is 1. The van der Waals surface area contributed by atoms with E-state index in [0.717, 1.165) is 42.5 Å². The van der Waals surface area contributed by atoms with Gasteiger partial charge in [-0.2, -0.15) is 0 Å². The number of carbonyl (C=O) groups is 1. The molecule has 0 N–H and O–H groups in total.